The number of allylic oxidation sites excluding steroid dienone is 1. The molecule has 0 saturated carbocycles. The number of carbonyl (C=O) groups excluding carboxylic acids is 4. The average Bonchev–Trinajstić information content (AvgIpc) is 2.92. The second-order valence-electron chi connectivity index (χ2n) is 9.28. The van der Waals surface area contributed by atoms with Crippen LogP contribution in [-0.2, 0) is 30.3 Å². The van der Waals surface area contributed by atoms with Crippen LogP contribution in [0.5, 0.6) is 5.75 Å². The maximum Gasteiger partial charge on any atom is 0.374 e. The fourth-order valence-corrected chi connectivity index (χ4v) is 3.92. The first-order valence-electron chi connectivity index (χ1n) is 12.5. The number of esters is 2. The van der Waals surface area contributed by atoms with Gasteiger partial charge in [0.15, 0.2) is 5.69 Å². The van der Waals surface area contributed by atoms with Crippen LogP contribution in [-0.4, -0.2) is 68.2 Å². The minimum Gasteiger partial charge on any atom is -0.505 e. The number of aromatic nitrogens is 2. The normalized spacial score (nSPS) is 25.1. The van der Waals surface area contributed by atoms with E-state index in [1.165, 1.54) is 32.2 Å². The van der Waals surface area contributed by atoms with E-state index < -0.39 is 59.7 Å². The molecule has 5 atom stereocenters. The van der Waals surface area contributed by atoms with E-state index in [-0.39, 0.29) is 30.3 Å². The fraction of sp³-hybridized carbons (Fsp3) is 0.407. The van der Waals surface area contributed by atoms with E-state index in [1.54, 1.807) is 38.4 Å². The van der Waals surface area contributed by atoms with E-state index in [9.17, 15) is 29.4 Å². The first-order valence-corrected chi connectivity index (χ1v) is 12.5. The molecule has 1 aliphatic rings. The number of hydrogen-bond acceptors (Lipinski definition) is 10. The summed E-state index contributed by atoms with van der Waals surface area (Å²) in [5.41, 5.74) is 0.733. The number of ether oxygens (including phenoxy) is 2. The molecule has 1 aliphatic heterocycles. The molecule has 12 nitrogen and oxygen atoms in total. The van der Waals surface area contributed by atoms with Crippen molar-refractivity contribution in [3.63, 3.8) is 0 Å². The Kier molecular flexibility index (Phi) is 11.6. The zero-order valence-electron chi connectivity index (χ0n) is 22.5. The molecule has 40 heavy (non-hydrogen) atoms. The van der Waals surface area contributed by atoms with Gasteiger partial charge in [0, 0.05) is 18.6 Å². The molecular formula is C27H33ClN4O8. The number of amides is 2. The predicted molar refractivity (Wildman–Crippen MR) is 144 cm³/mol. The number of rotatable bonds is 5. The summed E-state index contributed by atoms with van der Waals surface area (Å²) in [7, 11) is 0. The molecule has 13 heteroatoms. The highest BCUT2D eigenvalue weighted by Crippen LogP contribution is 2.21. The standard InChI is InChI=1S/C27H32N4O8.ClH/c1-5-14(2)23-27(37)38-16(4)20(31-25(35)21-19(32)9-7-11-29-21)24(34)30-18(12-17-8-6-10-28-13-17)22(33)15(3)26(36)39-23;/h6-11,13,15-16,18,20,22,32-33H,5,12H2,1-4H3,(H,30,34)(H,31,35);1H/b23-14-;/t15-,16-,18+,20+,22+;/m1./s1. The third kappa shape index (κ3) is 7.76. The average molecular weight is 577 g/mol. The molecule has 0 radical (unpaired) electrons. The van der Waals surface area contributed by atoms with Gasteiger partial charge >= 0.3 is 11.9 Å². The lowest BCUT2D eigenvalue weighted by Crippen LogP contribution is -2.59. The fourth-order valence-electron chi connectivity index (χ4n) is 3.92. The van der Waals surface area contributed by atoms with Crippen LogP contribution in [0.25, 0.3) is 0 Å². The summed E-state index contributed by atoms with van der Waals surface area (Å²) in [4.78, 5) is 60.3. The lowest BCUT2D eigenvalue weighted by molar-refractivity contribution is -0.161. The molecule has 4 N–H and O–H groups in total. The number of cyclic esters (lactones) is 2. The topological polar surface area (TPSA) is 177 Å². The van der Waals surface area contributed by atoms with Gasteiger partial charge in [-0.1, -0.05) is 13.0 Å². The molecule has 216 valence electrons. The Morgan fingerprint density at radius 2 is 1.85 bits per heavy atom. The molecule has 1 fully saturated rings. The maximum atomic E-state index is 13.6. The lowest BCUT2D eigenvalue weighted by Gasteiger charge is -2.32. The van der Waals surface area contributed by atoms with Gasteiger partial charge < -0.3 is 30.3 Å². The highest BCUT2D eigenvalue weighted by Gasteiger charge is 2.39. The largest absolute Gasteiger partial charge is 0.505 e. The van der Waals surface area contributed by atoms with Crippen molar-refractivity contribution in [2.45, 2.75) is 64.8 Å². The van der Waals surface area contributed by atoms with Gasteiger partial charge in [-0.2, -0.15) is 0 Å². The van der Waals surface area contributed by atoms with Crippen molar-refractivity contribution >= 4 is 36.2 Å². The third-order valence-electron chi connectivity index (χ3n) is 6.44. The van der Waals surface area contributed by atoms with E-state index in [0.29, 0.717) is 17.6 Å². The van der Waals surface area contributed by atoms with Crippen LogP contribution < -0.4 is 10.6 Å². The van der Waals surface area contributed by atoms with Crippen LogP contribution in [0.15, 0.2) is 54.2 Å². The molecule has 0 aromatic carbocycles. The zero-order valence-corrected chi connectivity index (χ0v) is 23.3. The van der Waals surface area contributed by atoms with Crippen LogP contribution in [0.2, 0.25) is 0 Å². The van der Waals surface area contributed by atoms with E-state index in [4.69, 9.17) is 9.47 Å². The van der Waals surface area contributed by atoms with Crippen molar-refractivity contribution in [1.82, 2.24) is 20.6 Å². The molecule has 2 amide bonds. The van der Waals surface area contributed by atoms with Gasteiger partial charge in [0.05, 0.1) is 18.1 Å². The van der Waals surface area contributed by atoms with E-state index >= 15 is 0 Å². The second-order valence-corrected chi connectivity index (χ2v) is 9.28. The number of aromatic hydroxyl groups is 1. The van der Waals surface area contributed by atoms with Crippen LogP contribution in [0.4, 0.5) is 0 Å². The molecule has 0 spiro atoms. The maximum absolute atomic E-state index is 13.6. The summed E-state index contributed by atoms with van der Waals surface area (Å²) in [6, 6.07) is 3.62. The van der Waals surface area contributed by atoms with E-state index in [0.717, 1.165) is 0 Å². The summed E-state index contributed by atoms with van der Waals surface area (Å²) in [5, 5.41) is 26.3. The number of nitrogens with zero attached hydrogens (tertiary/aromatic N) is 2. The van der Waals surface area contributed by atoms with Crippen molar-refractivity contribution in [2.75, 3.05) is 0 Å². The SMILES string of the molecule is CC/C(C)=C1\OC(=O)[C@H](C)[C@H](O)[C@H](Cc2cccnc2)NC(=O)[C@@H](NC(=O)c2ncccc2O)[C@@H](C)OC1=O.Cl. The van der Waals surface area contributed by atoms with Gasteiger partial charge in [-0.25, -0.2) is 9.78 Å². The summed E-state index contributed by atoms with van der Waals surface area (Å²) < 4.78 is 10.9. The van der Waals surface area contributed by atoms with E-state index in [1.807, 2.05) is 0 Å². The van der Waals surface area contributed by atoms with Gasteiger partial charge in [-0.15, -0.1) is 12.4 Å². The van der Waals surface area contributed by atoms with Gasteiger partial charge in [0.2, 0.25) is 11.7 Å². The number of aliphatic hydroxyl groups excluding tert-OH is 1. The van der Waals surface area contributed by atoms with E-state index in [2.05, 4.69) is 20.6 Å². The number of halogens is 1. The van der Waals surface area contributed by atoms with Crippen molar-refractivity contribution in [1.29, 1.82) is 0 Å². The van der Waals surface area contributed by atoms with Crippen molar-refractivity contribution in [3.8, 4) is 5.75 Å². The third-order valence-corrected chi connectivity index (χ3v) is 6.44. The quantitative estimate of drug-likeness (QED) is 0.302. The Hall–Kier alpha value is -4.03. The van der Waals surface area contributed by atoms with Gasteiger partial charge in [0.1, 0.15) is 17.9 Å². The van der Waals surface area contributed by atoms with Crippen molar-refractivity contribution < 1.29 is 38.9 Å². The summed E-state index contributed by atoms with van der Waals surface area (Å²) >= 11 is 0. The summed E-state index contributed by atoms with van der Waals surface area (Å²) in [6.07, 6.45) is 2.15. The Labute approximate surface area is 237 Å². The van der Waals surface area contributed by atoms with Crippen LogP contribution in [0.3, 0.4) is 0 Å². The number of pyridine rings is 2. The minimum atomic E-state index is -1.47. The molecule has 3 rings (SSSR count). The predicted octanol–water partition coefficient (Wildman–Crippen LogP) is 1.60. The smallest absolute Gasteiger partial charge is 0.374 e. The van der Waals surface area contributed by atoms with Crippen LogP contribution in [0, 0.1) is 5.92 Å². The number of aliphatic hydroxyl groups is 1. The number of carbonyl (C=O) groups is 4. The zero-order chi connectivity index (χ0) is 28.7. The lowest BCUT2D eigenvalue weighted by atomic mass is 9.92. The first-order chi connectivity index (χ1) is 18.5. The molecule has 0 bridgehead atoms. The molecule has 0 aliphatic carbocycles. The molecule has 1 saturated heterocycles. The van der Waals surface area contributed by atoms with Crippen LogP contribution in [0.1, 0.15) is 50.2 Å². The molecule has 0 unspecified atom stereocenters. The highest BCUT2D eigenvalue weighted by molar-refractivity contribution is 5.98. The number of nitrogens with one attached hydrogen (secondary N) is 2. The Bertz CT molecular complexity index is 1260. The molecule has 2 aromatic rings. The van der Waals surface area contributed by atoms with Crippen molar-refractivity contribution in [2.24, 2.45) is 5.92 Å². The Morgan fingerprint density at radius 3 is 2.48 bits per heavy atom. The molecule has 3 heterocycles. The molecule has 2 aromatic heterocycles. The Morgan fingerprint density at radius 1 is 1.15 bits per heavy atom. The monoisotopic (exact) mass is 576 g/mol. The molecular weight excluding hydrogens is 544 g/mol. The summed E-state index contributed by atoms with van der Waals surface area (Å²) in [6.45, 7) is 6.13. The highest BCUT2D eigenvalue weighted by atomic mass is 35.5. The van der Waals surface area contributed by atoms with Gasteiger partial charge in [0.25, 0.3) is 5.91 Å². The van der Waals surface area contributed by atoms with Crippen molar-refractivity contribution in [3.05, 3.63) is 65.4 Å². The summed E-state index contributed by atoms with van der Waals surface area (Å²) in [5.74, 6) is -5.52. The second kappa shape index (κ2) is 14.4. The first kappa shape index (κ1) is 32.2. The van der Waals surface area contributed by atoms with Crippen LogP contribution >= 0.6 is 12.4 Å². The number of hydrogen-bond donors (Lipinski definition) is 4. The Balaban J connectivity index is 0.00000560. The van der Waals surface area contributed by atoms with Gasteiger partial charge in [-0.05, 0) is 62.9 Å². The minimum absolute atomic E-state index is 0. The van der Waals surface area contributed by atoms with Gasteiger partial charge in [-0.3, -0.25) is 19.4 Å².